The summed E-state index contributed by atoms with van der Waals surface area (Å²) in [5, 5.41) is 10.4. The average molecular weight is 487 g/mol. The predicted molar refractivity (Wildman–Crippen MR) is 149 cm³/mol. The third kappa shape index (κ3) is 4.29. The molecule has 0 fully saturated rings. The Hall–Kier alpha value is -4.31. The summed E-state index contributed by atoms with van der Waals surface area (Å²) >= 11 is 0. The molecule has 1 N–H and O–H groups in total. The Kier molecular flexibility index (Phi) is 6.23. The van der Waals surface area contributed by atoms with E-state index in [9.17, 15) is 9.90 Å². The molecule has 0 bridgehead atoms. The Bertz CT molecular complexity index is 1570. The molecule has 184 valence electrons. The van der Waals surface area contributed by atoms with Crippen molar-refractivity contribution in [3.63, 3.8) is 0 Å². The molecule has 1 aliphatic carbocycles. The summed E-state index contributed by atoms with van der Waals surface area (Å²) in [6, 6.07) is 36.2. The van der Waals surface area contributed by atoms with Crippen molar-refractivity contribution in [1.82, 2.24) is 9.13 Å². The minimum absolute atomic E-state index is 0.0316. The molecule has 4 aromatic carbocycles. The molecule has 0 saturated heterocycles. The summed E-state index contributed by atoms with van der Waals surface area (Å²) in [7, 11) is 0. The van der Waals surface area contributed by atoms with E-state index in [1.807, 2.05) is 81.9 Å². The topological polar surface area (TPSA) is 47.2 Å². The lowest BCUT2D eigenvalue weighted by Crippen LogP contribution is -2.25. The third-order valence-electron chi connectivity index (χ3n) is 7.56. The van der Waals surface area contributed by atoms with Crippen LogP contribution < -0.4 is 5.69 Å². The first-order valence-electron chi connectivity index (χ1n) is 13.0. The maximum absolute atomic E-state index is 14.2. The van der Waals surface area contributed by atoms with Crippen molar-refractivity contribution in [3.8, 4) is 34.0 Å². The van der Waals surface area contributed by atoms with Gasteiger partial charge in [0.05, 0.1) is 17.1 Å². The van der Waals surface area contributed by atoms with Crippen LogP contribution in [-0.2, 0) is 13.0 Å². The minimum Gasteiger partial charge on any atom is -0.508 e. The normalized spacial score (nSPS) is 14.9. The fourth-order valence-electron chi connectivity index (χ4n) is 5.83. The smallest absolute Gasteiger partial charge is 0.333 e. The fourth-order valence-corrected chi connectivity index (χ4v) is 5.83. The lowest BCUT2D eigenvalue weighted by Gasteiger charge is -2.26. The van der Waals surface area contributed by atoms with E-state index in [4.69, 9.17) is 0 Å². The van der Waals surface area contributed by atoms with Crippen molar-refractivity contribution in [2.45, 2.75) is 38.1 Å². The summed E-state index contributed by atoms with van der Waals surface area (Å²) in [4.78, 5) is 14.2. The van der Waals surface area contributed by atoms with E-state index in [0.29, 0.717) is 18.2 Å². The monoisotopic (exact) mass is 486 g/mol. The standard InChI is InChI=1S/C33H30N2O2/c36-30-21-11-19-28-24(16-10-20-29(28)30)22-23-34-31(25-12-4-1-5-13-25)32(26-14-6-2-7-15-26)35(33(34)37)27-17-8-3-9-18-27/h1-9,11-15,17-19,21,24,36H,10,16,20,22-23H2. The number of imidazole rings is 1. The van der Waals surface area contributed by atoms with Crippen molar-refractivity contribution >= 4 is 0 Å². The molecule has 1 aliphatic rings. The van der Waals surface area contributed by atoms with Gasteiger partial charge in [-0.15, -0.1) is 0 Å². The van der Waals surface area contributed by atoms with E-state index in [1.165, 1.54) is 5.56 Å². The molecule has 37 heavy (non-hydrogen) atoms. The number of nitrogens with zero attached hydrogens (tertiary/aromatic N) is 2. The zero-order valence-corrected chi connectivity index (χ0v) is 20.8. The second-order valence-corrected chi connectivity index (χ2v) is 9.76. The number of aromatic nitrogens is 2. The molecule has 0 saturated carbocycles. The minimum atomic E-state index is -0.0316. The summed E-state index contributed by atoms with van der Waals surface area (Å²) in [5.41, 5.74) is 7.00. The molecule has 6 rings (SSSR count). The summed E-state index contributed by atoms with van der Waals surface area (Å²) in [6.07, 6.45) is 3.87. The molecule has 5 aromatic rings. The molecular formula is C33H30N2O2. The first-order chi connectivity index (χ1) is 18.2. The number of fused-ring (bicyclic) bond motifs is 1. The molecule has 0 aliphatic heterocycles. The fraction of sp³-hybridized carbons (Fsp3) is 0.182. The van der Waals surface area contributed by atoms with Crippen LogP contribution in [0.3, 0.4) is 0 Å². The molecule has 0 radical (unpaired) electrons. The van der Waals surface area contributed by atoms with Crippen molar-refractivity contribution in [2.24, 2.45) is 0 Å². The van der Waals surface area contributed by atoms with Gasteiger partial charge in [0.2, 0.25) is 0 Å². The van der Waals surface area contributed by atoms with Crippen molar-refractivity contribution in [3.05, 3.63) is 131 Å². The maximum Gasteiger partial charge on any atom is 0.333 e. The summed E-state index contributed by atoms with van der Waals surface area (Å²) in [6.45, 7) is 0.600. The van der Waals surface area contributed by atoms with E-state index in [-0.39, 0.29) is 5.69 Å². The van der Waals surface area contributed by atoms with Gasteiger partial charge in [0.1, 0.15) is 5.75 Å². The van der Waals surface area contributed by atoms with Crippen LogP contribution in [0.4, 0.5) is 0 Å². The lowest BCUT2D eigenvalue weighted by molar-refractivity contribution is 0.440. The van der Waals surface area contributed by atoms with Gasteiger partial charge in [-0.2, -0.15) is 0 Å². The third-order valence-corrected chi connectivity index (χ3v) is 7.56. The van der Waals surface area contributed by atoms with Crippen LogP contribution in [0.2, 0.25) is 0 Å². The molecule has 1 atom stereocenters. The molecule has 4 nitrogen and oxygen atoms in total. The highest BCUT2D eigenvalue weighted by Crippen LogP contribution is 2.39. The quantitative estimate of drug-likeness (QED) is 0.276. The number of phenolic OH excluding ortho intramolecular Hbond substituents is 1. The second kappa shape index (κ2) is 9.98. The first kappa shape index (κ1) is 23.1. The zero-order valence-electron chi connectivity index (χ0n) is 20.8. The lowest BCUT2D eigenvalue weighted by atomic mass is 9.80. The Morgan fingerprint density at radius 3 is 2.03 bits per heavy atom. The van der Waals surface area contributed by atoms with Gasteiger partial charge in [-0.3, -0.25) is 9.13 Å². The Balaban J connectivity index is 1.52. The molecule has 1 heterocycles. The van der Waals surface area contributed by atoms with E-state index >= 15 is 0 Å². The van der Waals surface area contributed by atoms with Gasteiger partial charge in [0.15, 0.2) is 0 Å². The van der Waals surface area contributed by atoms with Crippen molar-refractivity contribution in [2.75, 3.05) is 0 Å². The van der Waals surface area contributed by atoms with E-state index < -0.39 is 0 Å². The molecular weight excluding hydrogens is 456 g/mol. The highest BCUT2D eigenvalue weighted by atomic mass is 16.3. The molecule has 1 unspecified atom stereocenters. The number of rotatable bonds is 6. The van der Waals surface area contributed by atoms with Crippen LogP contribution in [-0.4, -0.2) is 14.2 Å². The van der Waals surface area contributed by atoms with E-state index in [1.54, 1.807) is 6.07 Å². The second-order valence-electron chi connectivity index (χ2n) is 9.76. The summed E-state index contributed by atoms with van der Waals surface area (Å²) in [5.74, 6) is 0.706. The Labute approximate surface area is 217 Å². The molecule has 4 heteroatoms. The van der Waals surface area contributed by atoms with E-state index in [0.717, 1.165) is 59.4 Å². The summed E-state index contributed by atoms with van der Waals surface area (Å²) < 4.78 is 3.82. The van der Waals surface area contributed by atoms with Crippen molar-refractivity contribution in [1.29, 1.82) is 0 Å². The van der Waals surface area contributed by atoms with Gasteiger partial charge >= 0.3 is 5.69 Å². The van der Waals surface area contributed by atoms with Crippen LogP contribution in [0.1, 0.15) is 36.3 Å². The molecule has 1 aromatic heterocycles. The van der Waals surface area contributed by atoms with Crippen LogP contribution >= 0.6 is 0 Å². The van der Waals surface area contributed by atoms with Gasteiger partial charge in [-0.1, -0.05) is 91.0 Å². The van der Waals surface area contributed by atoms with Gasteiger partial charge in [0.25, 0.3) is 0 Å². The number of aromatic hydroxyl groups is 1. The predicted octanol–water partition coefficient (Wildman–Crippen LogP) is 7.19. The number of hydrogen-bond donors (Lipinski definition) is 1. The highest BCUT2D eigenvalue weighted by Gasteiger charge is 2.26. The number of benzene rings is 4. The van der Waals surface area contributed by atoms with Gasteiger partial charge in [-0.25, -0.2) is 4.79 Å². The van der Waals surface area contributed by atoms with E-state index in [2.05, 4.69) is 30.3 Å². The van der Waals surface area contributed by atoms with Crippen LogP contribution in [0.5, 0.6) is 5.75 Å². The van der Waals surface area contributed by atoms with Crippen LogP contribution in [0.15, 0.2) is 114 Å². The Morgan fingerprint density at radius 2 is 1.35 bits per heavy atom. The zero-order chi connectivity index (χ0) is 25.2. The SMILES string of the molecule is O=c1n(CCC2CCCc3c(O)cccc32)c(-c2ccccc2)c(-c2ccccc2)n1-c1ccccc1. The van der Waals surface area contributed by atoms with Gasteiger partial charge < -0.3 is 5.11 Å². The number of para-hydroxylation sites is 1. The van der Waals surface area contributed by atoms with Crippen molar-refractivity contribution < 1.29 is 5.11 Å². The largest absolute Gasteiger partial charge is 0.508 e. The van der Waals surface area contributed by atoms with Gasteiger partial charge in [0, 0.05) is 17.7 Å². The first-order valence-corrected chi connectivity index (χ1v) is 13.0. The number of hydrogen-bond acceptors (Lipinski definition) is 2. The maximum atomic E-state index is 14.2. The number of phenols is 1. The van der Waals surface area contributed by atoms with Gasteiger partial charge in [-0.05, 0) is 60.9 Å². The highest BCUT2D eigenvalue weighted by molar-refractivity contribution is 5.80. The average Bonchev–Trinajstić information content (AvgIpc) is 3.25. The van der Waals surface area contributed by atoms with Crippen LogP contribution in [0.25, 0.3) is 28.2 Å². The van der Waals surface area contributed by atoms with Crippen LogP contribution in [0, 0.1) is 0 Å². The Morgan fingerprint density at radius 1 is 0.730 bits per heavy atom. The molecule has 0 amide bonds. The molecule has 0 spiro atoms.